The van der Waals surface area contributed by atoms with Gasteiger partial charge in [0.05, 0.1) is 11.6 Å². The molecule has 0 fully saturated rings. The molecule has 1 N–H and O–H groups in total. The SMILES string of the molecule is CCC(C)(C)NCc1cc(Br)cc(Br)c1OC.Cl. The van der Waals surface area contributed by atoms with Gasteiger partial charge in [0.15, 0.2) is 0 Å². The van der Waals surface area contributed by atoms with Crippen molar-refractivity contribution < 1.29 is 4.74 Å². The predicted molar refractivity (Wildman–Crippen MR) is 86.9 cm³/mol. The van der Waals surface area contributed by atoms with Gasteiger partial charge in [-0.1, -0.05) is 22.9 Å². The standard InChI is InChI=1S/C13H19Br2NO.ClH/c1-5-13(2,3)16-8-9-6-10(14)7-11(15)12(9)17-4;/h6-7,16H,5,8H2,1-4H3;1H. The van der Waals surface area contributed by atoms with Crippen LogP contribution in [0.25, 0.3) is 0 Å². The molecule has 0 unspecified atom stereocenters. The summed E-state index contributed by atoms with van der Waals surface area (Å²) in [6.07, 6.45) is 1.09. The summed E-state index contributed by atoms with van der Waals surface area (Å²) in [5, 5.41) is 3.53. The maximum absolute atomic E-state index is 5.42. The molecule has 0 radical (unpaired) electrons. The van der Waals surface area contributed by atoms with E-state index in [4.69, 9.17) is 4.74 Å². The number of nitrogens with one attached hydrogen (secondary N) is 1. The second kappa shape index (κ2) is 7.73. The summed E-state index contributed by atoms with van der Waals surface area (Å²) in [5.74, 6) is 0.896. The largest absolute Gasteiger partial charge is 0.495 e. The lowest BCUT2D eigenvalue weighted by Gasteiger charge is -2.25. The Morgan fingerprint density at radius 2 is 1.89 bits per heavy atom. The second-order valence-corrected chi connectivity index (χ2v) is 6.44. The summed E-state index contributed by atoms with van der Waals surface area (Å²) in [6.45, 7) is 7.38. The van der Waals surface area contributed by atoms with E-state index < -0.39 is 0 Å². The van der Waals surface area contributed by atoms with Gasteiger partial charge < -0.3 is 10.1 Å². The molecule has 1 aromatic rings. The Morgan fingerprint density at radius 1 is 1.28 bits per heavy atom. The van der Waals surface area contributed by atoms with Crippen LogP contribution < -0.4 is 10.1 Å². The highest BCUT2D eigenvalue weighted by Crippen LogP contribution is 2.32. The van der Waals surface area contributed by atoms with Crippen molar-refractivity contribution in [3.8, 4) is 5.75 Å². The lowest BCUT2D eigenvalue weighted by Crippen LogP contribution is -2.37. The van der Waals surface area contributed by atoms with Crippen molar-refractivity contribution in [1.82, 2.24) is 5.32 Å². The first kappa shape index (κ1) is 18.2. The molecule has 0 amide bonds. The van der Waals surface area contributed by atoms with Gasteiger partial charge in [-0.15, -0.1) is 12.4 Å². The predicted octanol–water partition coefficient (Wildman–Crippen LogP) is 4.92. The van der Waals surface area contributed by atoms with Crippen molar-refractivity contribution in [2.24, 2.45) is 0 Å². The molecule has 1 aromatic carbocycles. The Hall–Kier alpha value is 0.230. The molecule has 104 valence electrons. The fourth-order valence-electron chi connectivity index (χ4n) is 1.43. The molecule has 0 aliphatic carbocycles. The molecule has 0 spiro atoms. The zero-order valence-corrected chi connectivity index (χ0v) is 15.1. The van der Waals surface area contributed by atoms with Gasteiger partial charge in [0.1, 0.15) is 5.75 Å². The van der Waals surface area contributed by atoms with E-state index >= 15 is 0 Å². The average Bonchev–Trinajstić information content (AvgIpc) is 2.26. The van der Waals surface area contributed by atoms with Crippen LogP contribution in [0.5, 0.6) is 5.75 Å². The fourth-order valence-corrected chi connectivity index (χ4v) is 2.91. The normalized spacial score (nSPS) is 11.0. The van der Waals surface area contributed by atoms with Crippen molar-refractivity contribution in [3.63, 3.8) is 0 Å². The Bertz CT molecular complexity index is 397. The minimum absolute atomic E-state index is 0. The van der Waals surface area contributed by atoms with Gasteiger partial charge in [-0.05, 0) is 48.3 Å². The molecule has 0 aromatic heterocycles. The molecule has 0 heterocycles. The zero-order chi connectivity index (χ0) is 13.1. The van der Waals surface area contributed by atoms with Gasteiger partial charge in [-0.3, -0.25) is 0 Å². The molecular weight excluding hydrogens is 381 g/mol. The summed E-state index contributed by atoms with van der Waals surface area (Å²) < 4.78 is 7.45. The van der Waals surface area contributed by atoms with E-state index in [1.165, 1.54) is 0 Å². The van der Waals surface area contributed by atoms with Crippen LogP contribution in [0, 0.1) is 0 Å². The molecule has 0 saturated heterocycles. The van der Waals surface area contributed by atoms with Crippen molar-refractivity contribution >= 4 is 44.3 Å². The molecule has 2 nitrogen and oxygen atoms in total. The van der Waals surface area contributed by atoms with Crippen LogP contribution >= 0.6 is 44.3 Å². The van der Waals surface area contributed by atoms with E-state index in [0.29, 0.717) is 0 Å². The van der Waals surface area contributed by atoms with Gasteiger partial charge >= 0.3 is 0 Å². The minimum atomic E-state index is 0. The van der Waals surface area contributed by atoms with Crippen molar-refractivity contribution in [2.45, 2.75) is 39.3 Å². The quantitative estimate of drug-likeness (QED) is 0.756. The number of methoxy groups -OCH3 is 1. The molecule has 1 rings (SSSR count). The van der Waals surface area contributed by atoms with E-state index in [2.05, 4.69) is 64.0 Å². The number of hydrogen-bond acceptors (Lipinski definition) is 2. The number of halogens is 3. The molecule has 0 aliphatic heterocycles. The minimum Gasteiger partial charge on any atom is -0.495 e. The Kier molecular flexibility index (Phi) is 7.83. The first-order chi connectivity index (χ1) is 7.89. The summed E-state index contributed by atoms with van der Waals surface area (Å²) >= 11 is 7.01. The van der Waals surface area contributed by atoms with Gasteiger partial charge in [0.2, 0.25) is 0 Å². The van der Waals surface area contributed by atoms with Crippen molar-refractivity contribution in [2.75, 3.05) is 7.11 Å². The highest BCUT2D eigenvalue weighted by molar-refractivity contribution is 9.11. The maximum atomic E-state index is 5.42. The van der Waals surface area contributed by atoms with Crippen LogP contribution in [0.4, 0.5) is 0 Å². The lowest BCUT2D eigenvalue weighted by molar-refractivity contribution is 0.363. The molecule has 0 saturated carbocycles. The average molecular weight is 402 g/mol. The summed E-state index contributed by atoms with van der Waals surface area (Å²) in [4.78, 5) is 0. The number of rotatable bonds is 5. The van der Waals surface area contributed by atoms with Crippen LogP contribution in [0.1, 0.15) is 32.8 Å². The van der Waals surface area contributed by atoms with Crippen LogP contribution in [-0.2, 0) is 6.54 Å². The van der Waals surface area contributed by atoms with Crippen LogP contribution in [0.2, 0.25) is 0 Å². The Morgan fingerprint density at radius 3 is 2.39 bits per heavy atom. The van der Waals surface area contributed by atoms with E-state index in [0.717, 1.165) is 33.2 Å². The monoisotopic (exact) mass is 399 g/mol. The first-order valence-electron chi connectivity index (χ1n) is 5.66. The van der Waals surface area contributed by atoms with E-state index in [1.807, 2.05) is 6.07 Å². The number of benzene rings is 1. The first-order valence-corrected chi connectivity index (χ1v) is 7.25. The summed E-state index contributed by atoms with van der Waals surface area (Å²) in [7, 11) is 1.70. The third-order valence-electron chi connectivity index (χ3n) is 2.93. The molecule has 0 atom stereocenters. The highest BCUT2D eigenvalue weighted by atomic mass is 79.9. The molecule has 0 bridgehead atoms. The molecule has 0 aliphatic rings. The Labute approximate surface area is 133 Å². The number of hydrogen-bond donors (Lipinski definition) is 1. The van der Waals surface area contributed by atoms with Crippen LogP contribution in [-0.4, -0.2) is 12.6 Å². The van der Waals surface area contributed by atoms with Crippen LogP contribution in [0.3, 0.4) is 0 Å². The third kappa shape index (κ3) is 5.08. The van der Waals surface area contributed by atoms with Gasteiger partial charge in [0, 0.05) is 22.1 Å². The maximum Gasteiger partial charge on any atom is 0.137 e. The van der Waals surface area contributed by atoms with E-state index in [1.54, 1.807) is 7.11 Å². The van der Waals surface area contributed by atoms with Crippen molar-refractivity contribution in [3.05, 3.63) is 26.6 Å². The van der Waals surface area contributed by atoms with Gasteiger partial charge in [0.25, 0.3) is 0 Å². The zero-order valence-electron chi connectivity index (χ0n) is 11.1. The topological polar surface area (TPSA) is 21.3 Å². The van der Waals surface area contributed by atoms with E-state index in [9.17, 15) is 0 Å². The molecule has 18 heavy (non-hydrogen) atoms. The smallest absolute Gasteiger partial charge is 0.137 e. The third-order valence-corrected chi connectivity index (χ3v) is 3.98. The molecule has 5 heteroatoms. The number of ether oxygens (including phenoxy) is 1. The van der Waals surface area contributed by atoms with Gasteiger partial charge in [-0.2, -0.15) is 0 Å². The summed E-state index contributed by atoms with van der Waals surface area (Å²) in [5.41, 5.74) is 1.29. The molecular formula is C13H20Br2ClNO. The van der Waals surface area contributed by atoms with Gasteiger partial charge in [-0.25, -0.2) is 0 Å². The highest BCUT2D eigenvalue weighted by Gasteiger charge is 2.16. The second-order valence-electron chi connectivity index (χ2n) is 4.67. The lowest BCUT2D eigenvalue weighted by atomic mass is 10.0. The fraction of sp³-hybridized carbons (Fsp3) is 0.538. The summed E-state index contributed by atoms with van der Waals surface area (Å²) in [6, 6.07) is 4.08. The van der Waals surface area contributed by atoms with Crippen LogP contribution in [0.15, 0.2) is 21.1 Å². The van der Waals surface area contributed by atoms with E-state index in [-0.39, 0.29) is 17.9 Å². The van der Waals surface area contributed by atoms with Crippen molar-refractivity contribution in [1.29, 1.82) is 0 Å². The Balaban J connectivity index is 0.00000289.